The lowest BCUT2D eigenvalue weighted by molar-refractivity contribution is 0.416. The molecule has 1 aliphatic carbocycles. The first kappa shape index (κ1) is 21.2. The monoisotopic (exact) mass is 461 g/mol. The van der Waals surface area contributed by atoms with Crippen LogP contribution in [0.3, 0.4) is 0 Å². The smallest absolute Gasteiger partial charge is 0.299 e. The fraction of sp³-hybridized carbons (Fsp3) is 0.160. The topological polar surface area (TPSA) is 93.5 Å². The number of methoxy groups -OCH3 is 1. The van der Waals surface area contributed by atoms with Gasteiger partial charge in [0, 0.05) is 11.6 Å². The first-order chi connectivity index (χ1) is 16.0. The van der Waals surface area contributed by atoms with E-state index in [1.807, 2.05) is 42.5 Å². The summed E-state index contributed by atoms with van der Waals surface area (Å²) in [6, 6.07) is 23.0. The average molecular weight is 462 g/mol. The minimum atomic E-state index is -3.60. The van der Waals surface area contributed by atoms with Crippen molar-refractivity contribution in [3.05, 3.63) is 79.0 Å². The molecule has 8 heteroatoms. The van der Waals surface area contributed by atoms with Crippen molar-refractivity contribution in [2.75, 3.05) is 12.4 Å². The second-order valence-electron chi connectivity index (χ2n) is 7.86. The number of aromatic nitrogens is 1. The molecule has 1 saturated carbocycles. The highest BCUT2D eigenvalue weighted by Gasteiger charge is 2.28. The number of nitrogens with zero attached hydrogens (tertiary/aromatic N) is 1. The Labute approximate surface area is 192 Å². The van der Waals surface area contributed by atoms with Gasteiger partial charge in [-0.15, -0.1) is 0 Å². The SMILES string of the molecule is COc1ccc(S(=O)(=O)NC2CC2)cc1Nc1ncc(-c2cccc(-c3ccccc3)c2)o1. The van der Waals surface area contributed by atoms with Gasteiger partial charge in [0.25, 0.3) is 6.01 Å². The molecule has 1 aliphatic rings. The third kappa shape index (κ3) is 4.76. The second kappa shape index (κ2) is 8.73. The number of hydrogen-bond donors (Lipinski definition) is 2. The summed E-state index contributed by atoms with van der Waals surface area (Å²) < 4.78 is 39.2. The summed E-state index contributed by atoms with van der Waals surface area (Å²) in [7, 11) is -2.08. The van der Waals surface area contributed by atoms with Crippen molar-refractivity contribution in [3.8, 4) is 28.2 Å². The zero-order chi connectivity index (χ0) is 22.8. The molecule has 0 bridgehead atoms. The molecule has 5 rings (SSSR count). The molecule has 1 aromatic heterocycles. The average Bonchev–Trinajstić information content (AvgIpc) is 3.52. The lowest BCUT2D eigenvalue weighted by Gasteiger charge is -2.12. The maximum atomic E-state index is 12.6. The lowest BCUT2D eigenvalue weighted by atomic mass is 10.0. The Morgan fingerprint density at radius 1 is 0.939 bits per heavy atom. The summed E-state index contributed by atoms with van der Waals surface area (Å²) in [4.78, 5) is 4.47. The van der Waals surface area contributed by atoms with Crippen LogP contribution in [0.25, 0.3) is 22.5 Å². The van der Waals surface area contributed by atoms with Crippen LogP contribution in [0.5, 0.6) is 5.75 Å². The van der Waals surface area contributed by atoms with E-state index in [9.17, 15) is 8.42 Å². The van der Waals surface area contributed by atoms with E-state index in [2.05, 4.69) is 27.2 Å². The molecule has 0 spiro atoms. The van der Waals surface area contributed by atoms with E-state index in [0.29, 0.717) is 17.2 Å². The summed E-state index contributed by atoms with van der Waals surface area (Å²) in [6.07, 6.45) is 3.37. The minimum absolute atomic E-state index is 0.0226. The number of nitrogens with one attached hydrogen (secondary N) is 2. The first-order valence-corrected chi connectivity index (χ1v) is 12.1. The fourth-order valence-corrected chi connectivity index (χ4v) is 4.83. The van der Waals surface area contributed by atoms with Crippen LogP contribution in [-0.4, -0.2) is 26.6 Å². The van der Waals surface area contributed by atoms with Crippen LogP contribution in [0.2, 0.25) is 0 Å². The zero-order valence-corrected chi connectivity index (χ0v) is 18.8. The first-order valence-electron chi connectivity index (χ1n) is 10.6. The lowest BCUT2D eigenvalue weighted by Crippen LogP contribution is -2.25. The molecule has 0 amide bonds. The van der Waals surface area contributed by atoms with E-state index in [0.717, 1.165) is 29.5 Å². The van der Waals surface area contributed by atoms with Gasteiger partial charge in [-0.25, -0.2) is 18.1 Å². The fourth-order valence-electron chi connectivity index (χ4n) is 3.50. The number of rotatable bonds is 8. The Morgan fingerprint density at radius 2 is 1.70 bits per heavy atom. The van der Waals surface area contributed by atoms with Gasteiger partial charge in [-0.05, 0) is 48.2 Å². The highest BCUT2D eigenvalue weighted by atomic mass is 32.2. The molecular weight excluding hydrogens is 438 g/mol. The second-order valence-corrected chi connectivity index (χ2v) is 9.57. The maximum absolute atomic E-state index is 12.6. The molecule has 3 aromatic carbocycles. The molecule has 0 radical (unpaired) electrons. The predicted molar refractivity (Wildman–Crippen MR) is 127 cm³/mol. The zero-order valence-electron chi connectivity index (χ0n) is 18.0. The normalized spacial score (nSPS) is 13.6. The van der Waals surface area contributed by atoms with E-state index in [4.69, 9.17) is 9.15 Å². The molecule has 0 aliphatic heterocycles. The molecule has 168 valence electrons. The Balaban J connectivity index is 1.40. The number of hydrogen-bond acceptors (Lipinski definition) is 6. The van der Waals surface area contributed by atoms with Gasteiger partial charge in [0.1, 0.15) is 5.75 Å². The van der Waals surface area contributed by atoms with Gasteiger partial charge >= 0.3 is 0 Å². The standard InChI is InChI=1S/C25H23N3O4S/c1-31-23-13-12-21(33(29,30)28-20-10-11-20)15-22(23)27-25-26-16-24(32-25)19-9-5-8-18(14-19)17-6-3-2-4-7-17/h2-9,12-16,20,28H,10-11H2,1H3,(H,26,27). The van der Waals surface area contributed by atoms with Gasteiger partial charge in [0.05, 0.1) is 23.9 Å². The minimum Gasteiger partial charge on any atom is -0.495 e. The van der Waals surface area contributed by atoms with Crippen molar-refractivity contribution in [1.29, 1.82) is 0 Å². The maximum Gasteiger partial charge on any atom is 0.299 e. The van der Waals surface area contributed by atoms with E-state index >= 15 is 0 Å². The van der Waals surface area contributed by atoms with Crippen LogP contribution in [0, 0.1) is 0 Å². The van der Waals surface area contributed by atoms with Gasteiger partial charge in [-0.3, -0.25) is 0 Å². The van der Waals surface area contributed by atoms with Crippen LogP contribution in [-0.2, 0) is 10.0 Å². The van der Waals surface area contributed by atoms with E-state index < -0.39 is 10.0 Å². The molecule has 33 heavy (non-hydrogen) atoms. The van der Waals surface area contributed by atoms with Crippen molar-refractivity contribution in [2.45, 2.75) is 23.8 Å². The molecule has 0 saturated heterocycles. The van der Waals surface area contributed by atoms with Gasteiger partial charge in [0.2, 0.25) is 10.0 Å². The summed E-state index contributed by atoms with van der Waals surface area (Å²) in [5, 5.41) is 3.05. The van der Waals surface area contributed by atoms with Crippen LogP contribution in [0.1, 0.15) is 12.8 Å². The number of oxazole rings is 1. The third-order valence-electron chi connectivity index (χ3n) is 5.38. The molecule has 1 heterocycles. The van der Waals surface area contributed by atoms with Crippen molar-refractivity contribution in [1.82, 2.24) is 9.71 Å². The third-order valence-corrected chi connectivity index (χ3v) is 6.90. The Morgan fingerprint density at radius 3 is 2.45 bits per heavy atom. The summed E-state index contributed by atoms with van der Waals surface area (Å²) in [6.45, 7) is 0. The van der Waals surface area contributed by atoms with Crippen LogP contribution in [0.15, 0.2) is 88.3 Å². The van der Waals surface area contributed by atoms with Crippen molar-refractivity contribution >= 4 is 21.7 Å². The Hall–Kier alpha value is -3.62. The molecule has 2 N–H and O–H groups in total. The van der Waals surface area contributed by atoms with Crippen LogP contribution < -0.4 is 14.8 Å². The van der Waals surface area contributed by atoms with Crippen LogP contribution >= 0.6 is 0 Å². The van der Waals surface area contributed by atoms with Gasteiger partial charge < -0.3 is 14.5 Å². The number of anilines is 2. The van der Waals surface area contributed by atoms with Gasteiger partial charge in [0.15, 0.2) is 5.76 Å². The van der Waals surface area contributed by atoms with Crippen LogP contribution in [0.4, 0.5) is 11.7 Å². The summed E-state index contributed by atoms with van der Waals surface area (Å²) >= 11 is 0. The van der Waals surface area contributed by atoms with Gasteiger partial charge in [-0.1, -0.05) is 48.5 Å². The van der Waals surface area contributed by atoms with E-state index in [-0.39, 0.29) is 17.0 Å². The molecule has 4 aromatic rings. The van der Waals surface area contributed by atoms with Crippen molar-refractivity contribution in [3.63, 3.8) is 0 Å². The van der Waals surface area contributed by atoms with Crippen molar-refractivity contribution in [2.24, 2.45) is 0 Å². The molecular formula is C25H23N3O4S. The summed E-state index contributed by atoms with van der Waals surface area (Å²) in [5.41, 5.74) is 3.51. The largest absolute Gasteiger partial charge is 0.495 e. The molecule has 0 unspecified atom stereocenters. The number of sulfonamides is 1. The quantitative estimate of drug-likeness (QED) is 0.375. The highest BCUT2D eigenvalue weighted by Crippen LogP contribution is 2.33. The Bertz CT molecular complexity index is 1380. The summed E-state index contributed by atoms with van der Waals surface area (Å²) in [5.74, 6) is 1.07. The van der Waals surface area contributed by atoms with E-state index in [1.54, 1.807) is 12.3 Å². The molecule has 1 fully saturated rings. The molecule has 0 atom stereocenters. The Kier molecular flexibility index (Phi) is 5.62. The van der Waals surface area contributed by atoms with E-state index in [1.165, 1.54) is 19.2 Å². The predicted octanol–water partition coefficient (Wildman–Crippen LogP) is 5.20. The van der Waals surface area contributed by atoms with Crippen molar-refractivity contribution < 1.29 is 17.6 Å². The highest BCUT2D eigenvalue weighted by molar-refractivity contribution is 7.89. The molecule has 7 nitrogen and oxygen atoms in total. The number of ether oxygens (including phenoxy) is 1. The van der Waals surface area contributed by atoms with Gasteiger partial charge in [-0.2, -0.15) is 0 Å². The number of benzene rings is 3.